The van der Waals surface area contributed by atoms with Crippen LogP contribution in [0.3, 0.4) is 0 Å². The Hall–Kier alpha value is -0.820. The van der Waals surface area contributed by atoms with Crippen LogP contribution in [0.15, 0.2) is 30.3 Å². The van der Waals surface area contributed by atoms with Crippen molar-refractivity contribution in [2.24, 2.45) is 5.92 Å². The molecule has 1 fully saturated rings. The van der Waals surface area contributed by atoms with Gasteiger partial charge in [0.05, 0.1) is 0 Å². The van der Waals surface area contributed by atoms with E-state index in [4.69, 9.17) is 0 Å². The van der Waals surface area contributed by atoms with Crippen molar-refractivity contribution >= 4 is 0 Å². The monoisotopic (exact) mass is 245 g/mol. The first-order valence-electron chi connectivity index (χ1n) is 7.59. The highest BCUT2D eigenvalue weighted by atomic mass is 14.9. The van der Waals surface area contributed by atoms with Gasteiger partial charge in [0.1, 0.15) is 0 Å². The molecule has 1 nitrogen and oxygen atoms in total. The lowest BCUT2D eigenvalue weighted by Gasteiger charge is -2.24. The fraction of sp³-hybridized carbons (Fsp3) is 0.647. The first-order chi connectivity index (χ1) is 8.88. The van der Waals surface area contributed by atoms with Crippen LogP contribution >= 0.6 is 0 Å². The summed E-state index contributed by atoms with van der Waals surface area (Å²) in [6.07, 6.45) is 11.3. The van der Waals surface area contributed by atoms with Gasteiger partial charge >= 0.3 is 0 Å². The van der Waals surface area contributed by atoms with Gasteiger partial charge in [-0.2, -0.15) is 0 Å². The zero-order chi connectivity index (χ0) is 12.6. The molecule has 0 aliphatic heterocycles. The summed E-state index contributed by atoms with van der Waals surface area (Å²) in [5, 5.41) is 3.49. The molecule has 1 N–H and O–H groups in total. The Kier molecular flexibility index (Phi) is 5.73. The Bertz CT molecular complexity index is 314. The first kappa shape index (κ1) is 13.6. The second-order valence-electron chi connectivity index (χ2n) is 5.76. The molecule has 1 aliphatic carbocycles. The van der Waals surface area contributed by atoms with Crippen LogP contribution < -0.4 is 5.32 Å². The zero-order valence-corrected chi connectivity index (χ0v) is 11.7. The summed E-state index contributed by atoms with van der Waals surface area (Å²) in [6, 6.07) is 11.5. The first-order valence-corrected chi connectivity index (χ1v) is 7.59. The van der Waals surface area contributed by atoms with Crippen molar-refractivity contribution in [3.63, 3.8) is 0 Å². The molecule has 1 heteroatoms. The normalized spacial score (nSPS) is 18.7. The molecular formula is C17H27N. The van der Waals surface area contributed by atoms with Crippen molar-refractivity contribution in [3.8, 4) is 0 Å². The Balaban J connectivity index is 1.75. The van der Waals surface area contributed by atoms with Crippen molar-refractivity contribution in [2.75, 3.05) is 7.05 Å². The number of hydrogen-bond donors (Lipinski definition) is 1. The fourth-order valence-corrected chi connectivity index (χ4v) is 3.16. The van der Waals surface area contributed by atoms with E-state index >= 15 is 0 Å². The largest absolute Gasteiger partial charge is 0.317 e. The van der Waals surface area contributed by atoms with E-state index in [0.29, 0.717) is 6.04 Å². The summed E-state index contributed by atoms with van der Waals surface area (Å²) < 4.78 is 0. The Labute approximate surface area is 112 Å². The summed E-state index contributed by atoms with van der Waals surface area (Å²) >= 11 is 0. The molecular weight excluding hydrogens is 218 g/mol. The van der Waals surface area contributed by atoms with E-state index in [2.05, 4.69) is 42.7 Å². The standard InChI is InChI=1S/C17H27N/c1-18-17(14-16-10-6-3-7-11-16)13-12-15-8-4-2-5-9-15/h3,6-7,10-11,15,17-18H,2,4-5,8-9,12-14H2,1H3. The topological polar surface area (TPSA) is 12.0 Å². The third-order valence-electron chi connectivity index (χ3n) is 4.38. The van der Waals surface area contributed by atoms with E-state index in [0.717, 1.165) is 5.92 Å². The lowest BCUT2D eigenvalue weighted by Crippen LogP contribution is -2.28. The summed E-state index contributed by atoms with van der Waals surface area (Å²) in [6.45, 7) is 0. The molecule has 2 rings (SSSR count). The van der Waals surface area contributed by atoms with Crippen LogP contribution in [0.5, 0.6) is 0 Å². The van der Waals surface area contributed by atoms with Crippen LogP contribution in [0, 0.1) is 5.92 Å². The highest BCUT2D eigenvalue weighted by Gasteiger charge is 2.15. The maximum absolute atomic E-state index is 3.49. The van der Waals surface area contributed by atoms with Crippen LogP contribution in [0.4, 0.5) is 0 Å². The molecule has 0 bridgehead atoms. The van der Waals surface area contributed by atoms with Gasteiger partial charge in [0.2, 0.25) is 0 Å². The Morgan fingerprint density at radius 2 is 1.83 bits per heavy atom. The molecule has 1 aromatic rings. The van der Waals surface area contributed by atoms with Gasteiger partial charge < -0.3 is 5.32 Å². The zero-order valence-electron chi connectivity index (χ0n) is 11.7. The highest BCUT2D eigenvalue weighted by molar-refractivity contribution is 5.15. The summed E-state index contributed by atoms with van der Waals surface area (Å²) in [7, 11) is 2.11. The van der Waals surface area contributed by atoms with Gasteiger partial charge in [-0.15, -0.1) is 0 Å². The molecule has 0 heterocycles. The third kappa shape index (κ3) is 4.45. The molecule has 1 saturated carbocycles. The van der Waals surface area contributed by atoms with E-state index in [1.165, 1.54) is 56.9 Å². The predicted octanol–water partition coefficient (Wildman–Crippen LogP) is 4.18. The number of hydrogen-bond acceptors (Lipinski definition) is 1. The quantitative estimate of drug-likeness (QED) is 0.793. The fourth-order valence-electron chi connectivity index (χ4n) is 3.16. The number of benzene rings is 1. The van der Waals surface area contributed by atoms with Gasteiger partial charge in [0.15, 0.2) is 0 Å². The van der Waals surface area contributed by atoms with Gasteiger partial charge in [-0.25, -0.2) is 0 Å². The molecule has 0 spiro atoms. The van der Waals surface area contributed by atoms with Crippen molar-refractivity contribution < 1.29 is 0 Å². The molecule has 1 atom stereocenters. The number of rotatable bonds is 6. The average molecular weight is 245 g/mol. The average Bonchev–Trinajstić information content (AvgIpc) is 2.45. The Morgan fingerprint density at radius 3 is 2.50 bits per heavy atom. The smallest absolute Gasteiger partial charge is 0.0105 e. The lowest BCUT2D eigenvalue weighted by atomic mass is 9.84. The maximum Gasteiger partial charge on any atom is 0.0105 e. The van der Waals surface area contributed by atoms with Crippen LogP contribution in [-0.2, 0) is 6.42 Å². The van der Waals surface area contributed by atoms with E-state index in [1.54, 1.807) is 0 Å². The number of nitrogens with one attached hydrogen (secondary N) is 1. The van der Waals surface area contributed by atoms with Crippen LogP contribution in [0.2, 0.25) is 0 Å². The van der Waals surface area contributed by atoms with Crippen molar-refractivity contribution in [3.05, 3.63) is 35.9 Å². The summed E-state index contributed by atoms with van der Waals surface area (Å²) in [5.74, 6) is 1.00. The minimum absolute atomic E-state index is 0.648. The molecule has 0 radical (unpaired) electrons. The van der Waals surface area contributed by atoms with Crippen LogP contribution in [0.1, 0.15) is 50.5 Å². The van der Waals surface area contributed by atoms with E-state index in [9.17, 15) is 0 Å². The Morgan fingerprint density at radius 1 is 1.11 bits per heavy atom. The predicted molar refractivity (Wildman–Crippen MR) is 78.8 cm³/mol. The summed E-state index contributed by atoms with van der Waals surface area (Å²) in [5.41, 5.74) is 1.46. The SMILES string of the molecule is CNC(CCC1CCCCC1)Cc1ccccc1. The highest BCUT2D eigenvalue weighted by Crippen LogP contribution is 2.28. The van der Waals surface area contributed by atoms with Crippen molar-refractivity contribution in [2.45, 2.75) is 57.4 Å². The van der Waals surface area contributed by atoms with Gasteiger partial charge in [-0.05, 0) is 37.8 Å². The van der Waals surface area contributed by atoms with Gasteiger partial charge in [-0.3, -0.25) is 0 Å². The van der Waals surface area contributed by atoms with Crippen molar-refractivity contribution in [1.29, 1.82) is 0 Å². The van der Waals surface area contributed by atoms with Gasteiger partial charge in [-0.1, -0.05) is 62.4 Å². The summed E-state index contributed by atoms with van der Waals surface area (Å²) in [4.78, 5) is 0. The molecule has 1 unspecified atom stereocenters. The van der Waals surface area contributed by atoms with Gasteiger partial charge in [0, 0.05) is 6.04 Å². The van der Waals surface area contributed by atoms with Gasteiger partial charge in [0.25, 0.3) is 0 Å². The van der Waals surface area contributed by atoms with E-state index in [-0.39, 0.29) is 0 Å². The second kappa shape index (κ2) is 7.58. The third-order valence-corrected chi connectivity index (χ3v) is 4.38. The lowest BCUT2D eigenvalue weighted by molar-refractivity contribution is 0.316. The molecule has 1 aliphatic rings. The molecule has 1 aromatic carbocycles. The van der Waals surface area contributed by atoms with Crippen LogP contribution in [0.25, 0.3) is 0 Å². The molecule has 18 heavy (non-hydrogen) atoms. The van der Waals surface area contributed by atoms with E-state index < -0.39 is 0 Å². The maximum atomic E-state index is 3.49. The number of likely N-dealkylation sites (N-methyl/N-ethyl adjacent to an activating group) is 1. The van der Waals surface area contributed by atoms with E-state index in [1.807, 2.05) is 0 Å². The molecule has 0 aromatic heterocycles. The molecule has 0 amide bonds. The second-order valence-corrected chi connectivity index (χ2v) is 5.76. The van der Waals surface area contributed by atoms with Crippen molar-refractivity contribution in [1.82, 2.24) is 5.32 Å². The molecule has 0 saturated heterocycles. The minimum Gasteiger partial charge on any atom is -0.317 e. The van der Waals surface area contributed by atoms with Crippen LogP contribution in [-0.4, -0.2) is 13.1 Å². The minimum atomic E-state index is 0.648. The molecule has 100 valence electrons.